The van der Waals surface area contributed by atoms with Crippen LogP contribution in [0.15, 0.2) is 45.5 Å². The third kappa shape index (κ3) is 3.87. The fourth-order valence-corrected chi connectivity index (χ4v) is 2.04. The molecule has 106 valence electrons. The van der Waals surface area contributed by atoms with Gasteiger partial charge in [-0.15, -0.1) is 0 Å². The first kappa shape index (κ1) is 14.7. The molecule has 2 rings (SSSR count). The van der Waals surface area contributed by atoms with Crippen LogP contribution in [-0.2, 0) is 11.3 Å². The van der Waals surface area contributed by atoms with Gasteiger partial charge >= 0.3 is 0 Å². The lowest BCUT2D eigenvalue weighted by atomic mass is 10.2. The molecule has 0 bridgehead atoms. The van der Waals surface area contributed by atoms with Crippen LogP contribution < -0.4 is 10.6 Å². The highest BCUT2D eigenvalue weighted by molar-refractivity contribution is 9.10. The Bertz CT molecular complexity index is 582. The van der Waals surface area contributed by atoms with E-state index in [-0.39, 0.29) is 11.9 Å². The number of amides is 1. The van der Waals surface area contributed by atoms with Crippen molar-refractivity contribution < 1.29 is 9.21 Å². The van der Waals surface area contributed by atoms with Crippen LogP contribution in [0.3, 0.4) is 0 Å². The number of rotatable bonds is 5. The van der Waals surface area contributed by atoms with Crippen LogP contribution >= 0.6 is 15.9 Å². The standard InChI is InChI=1S/C15H17BrN2O2/c1-10-8-12(5-6-14(10)16)18-11(2)15(19)17-9-13-4-3-7-20-13/h3-8,11,18H,9H2,1-2H3,(H,17,19). The fourth-order valence-electron chi connectivity index (χ4n) is 1.79. The number of halogens is 1. The van der Waals surface area contributed by atoms with E-state index in [1.807, 2.05) is 38.1 Å². The number of benzene rings is 1. The van der Waals surface area contributed by atoms with Gasteiger partial charge in [0.25, 0.3) is 0 Å². The van der Waals surface area contributed by atoms with Crippen molar-refractivity contribution >= 4 is 27.5 Å². The van der Waals surface area contributed by atoms with Crippen LogP contribution in [0, 0.1) is 6.92 Å². The molecule has 1 aromatic heterocycles. The second kappa shape index (κ2) is 6.61. The molecule has 20 heavy (non-hydrogen) atoms. The molecule has 0 aliphatic rings. The summed E-state index contributed by atoms with van der Waals surface area (Å²) in [5.74, 6) is 0.673. The monoisotopic (exact) mass is 336 g/mol. The molecule has 0 spiro atoms. The summed E-state index contributed by atoms with van der Waals surface area (Å²) in [5, 5.41) is 6.00. The smallest absolute Gasteiger partial charge is 0.242 e. The van der Waals surface area contributed by atoms with Gasteiger partial charge in [0.05, 0.1) is 12.8 Å². The van der Waals surface area contributed by atoms with E-state index in [4.69, 9.17) is 4.42 Å². The van der Waals surface area contributed by atoms with Crippen LogP contribution in [0.4, 0.5) is 5.69 Å². The predicted molar refractivity (Wildman–Crippen MR) is 82.5 cm³/mol. The van der Waals surface area contributed by atoms with Gasteiger partial charge in [-0.25, -0.2) is 0 Å². The summed E-state index contributed by atoms with van der Waals surface area (Å²) in [7, 11) is 0. The van der Waals surface area contributed by atoms with Gasteiger partial charge in [-0.1, -0.05) is 15.9 Å². The number of aryl methyl sites for hydroxylation is 1. The Labute approximate surface area is 126 Å². The average molecular weight is 337 g/mol. The van der Waals surface area contributed by atoms with Crippen molar-refractivity contribution in [2.24, 2.45) is 0 Å². The maximum atomic E-state index is 12.0. The molecular weight excluding hydrogens is 320 g/mol. The van der Waals surface area contributed by atoms with Gasteiger partial charge in [0, 0.05) is 10.2 Å². The molecule has 1 unspecified atom stereocenters. The molecule has 5 heteroatoms. The summed E-state index contributed by atoms with van der Waals surface area (Å²) < 4.78 is 6.22. The molecule has 0 aliphatic heterocycles. The first-order valence-electron chi connectivity index (χ1n) is 6.39. The van der Waals surface area contributed by atoms with Crippen molar-refractivity contribution in [1.82, 2.24) is 5.32 Å². The number of carbonyl (C=O) groups excluding carboxylic acids is 1. The zero-order valence-electron chi connectivity index (χ0n) is 11.4. The zero-order valence-corrected chi connectivity index (χ0v) is 13.0. The second-order valence-corrected chi connectivity index (χ2v) is 5.48. The highest BCUT2D eigenvalue weighted by atomic mass is 79.9. The lowest BCUT2D eigenvalue weighted by Gasteiger charge is -2.15. The van der Waals surface area contributed by atoms with Crippen LogP contribution in [0.2, 0.25) is 0 Å². The minimum absolute atomic E-state index is 0.0676. The molecule has 2 N–H and O–H groups in total. The van der Waals surface area contributed by atoms with Crippen LogP contribution in [-0.4, -0.2) is 11.9 Å². The van der Waals surface area contributed by atoms with E-state index in [1.165, 1.54) is 0 Å². The van der Waals surface area contributed by atoms with E-state index in [9.17, 15) is 4.79 Å². The summed E-state index contributed by atoms with van der Waals surface area (Å²) >= 11 is 3.45. The minimum Gasteiger partial charge on any atom is -0.467 e. The highest BCUT2D eigenvalue weighted by Gasteiger charge is 2.12. The molecular formula is C15H17BrN2O2. The quantitative estimate of drug-likeness (QED) is 0.878. The molecule has 1 aromatic carbocycles. The van der Waals surface area contributed by atoms with Crippen molar-refractivity contribution in [1.29, 1.82) is 0 Å². The Balaban J connectivity index is 1.88. The molecule has 0 aliphatic carbocycles. The largest absolute Gasteiger partial charge is 0.467 e. The third-order valence-corrected chi connectivity index (χ3v) is 3.84. The van der Waals surface area contributed by atoms with E-state index < -0.39 is 0 Å². The van der Waals surface area contributed by atoms with Gasteiger partial charge in [-0.3, -0.25) is 4.79 Å². The first-order valence-corrected chi connectivity index (χ1v) is 7.18. The van der Waals surface area contributed by atoms with Gasteiger partial charge in [-0.05, 0) is 49.7 Å². The Kier molecular flexibility index (Phi) is 4.84. The molecule has 0 saturated heterocycles. The van der Waals surface area contributed by atoms with E-state index in [2.05, 4.69) is 26.6 Å². The van der Waals surface area contributed by atoms with Gasteiger partial charge in [-0.2, -0.15) is 0 Å². The van der Waals surface area contributed by atoms with Crippen LogP contribution in [0.1, 0.15) is 18.2 Å². The molecule has 1 atom stereocenters. The second-order valence-electron chi connectivity index (χ2n) is 4.63. The number of furan rings is 1. The number of hydrogen-bond acceptors (Lipinski definition) is 3. The average Bonchev–Trinajstić information content (AvgIpc) is 2.93. The van der Waals surface area contributed by atoms with Crippen molar-refractivity contribution in [3.8, 4) is 0 Å². The van der Waals surface area contributed by atoms with Gasteiger partial charge < -0.3 is 15.1 Å². The topological polar surface area (TPSA) is 54.3 Å². The molecule has 1 heterocycles. The molecule has 0 saturated carbocycles. The van der Waals surface area contributed by atoms with Gasteiger partial charge in [0.2, 0.25) is 5.91 Å². The van der Waals surface area contributed by atoms with Gasteiger partial charge in [0.15, 0.2) is 0 Å². The summed E-state index contributed by atoms with van der Waals surface area (Å²) in [5.41, 5.74) is 2.05. The maximum Gasteiger partial charge on any atom is 0.242 e. The van der Waals surface area contributed by atoms with Crippen molar-refractivity contribution in [2.45, 2.75) is 26.4 Å². The minimum atomic E-state index is -0.314. The number of anilines is 1. The maximum absolute atomic E-state index is 12.0. The highest BCUT2D eigenvalue weighted by Crippen LogP contribution is 2.20. The summed E-state index contributed by atoms with van der Waals surface area (Å²) in [4.78, 5) is 12.0. The number of hydrogen-bond donors (Lipinski definition) is 2. The first-order chi connectivity index (χ1) is 9.56. The Hall–Kier alpha value is -1.75. The van der Waals surface area contributed by atoms with E-state index in [1.54, 1.807) is 12.3 Å². The Morgan fingerprint density at radius 1 is 1.40 bits per heavy atom. The SMILES string of the molecule is Cc1cc(NC(C)C(=O)NCc2ccco2)ccc1Br. The van der Waals surface area contributed by atoms with Gasteiger partial charge in [0.1, 0.15) is 11.8 Å². The van der Waals surface area contributed by atoms with Crippen molar-refractivity contribution in [3.05, 3.63) is 52.4 Å². The lowest BCUT2D eigenvalue weighted by molar-refractivity contribution is -0.121. The normalized spacial score (nSPS) is 11.9. The summed E-state index contributed by atoms with van der Waals surface area (Å²) in [6, 6.07) is 9.22. The zero-order chi connectivity index (χ0) is 14.5. The molecule has 2 aromatic rings. The van der Waals surface area contributed by atoms with Crippen molar-refractivity contribution in [3.63, 3.8) is 0 Å². The van der Waals surface area contributed by atoms with E-state index in [0.717, 1.165) is 21.5 Å². The Morgan fingerprint density at radius 3 is 2.85 bits per heavy atom. The summed E-state index contributed by atoms with van der Waals surface area (Å²) in [6.07, 6.45) is 1.59. The molecule has 0 radical (unpaired) electrons. The van der Waals surface area contributed by atoms with Crippen LogP contribution in [0.25, 0.3) is 0 Å². The van der Waals surface area contributed by atoms with Crippen LogP contribution in [0.5, 0.6) is 0 Å². The molecule has 0 fully saturated rings. The number of nitrogens with one attached hydrogen (secondary N) is 2. The summed E-state index contributed by atoms with van der Waals surface area (Å²) in [6.45, 7) is 4.24. The molecule has 4 nitrogen and oxygen atoms in total. The lowest BCUT2D eigenvalue weighted by Crippen LogP contribution is -2.37. The molecule has 1 amide bonds. The fraction of sp³-hybridized carbons (Fsp3) is 0.267. The Morgan fingerprint density at radius 2 is 2.20 bits per heavy atom. The predicted octanol–water partition coefficient (Wildman–Crippen LogP) is 3.47. The number of carbonyl (C=O) groups is 1. The van der Waals surface area contributed by atoms with Crippen molar-refractivity contribution in [2.75, 3.05) is 5.32 Å². The van der Waals surface area contributed by atoms with E-state index >= 15 is 0 Å². The third-order valence-electron chi connectivity index (χ3n) is 2.95. The van der Waals surface area contributed by atoms with E-state index in [0.29, 0.717) is 6.54 Å².